The van der Waals surface area contributed by atoms with Gasteiger partial charge in [0.2, 0.25) is 0 Å². The Balaban J connectivity index is -0.0000000180. The topological polar surface area (TPSA) is 299 Å². The van der Waals surface area contributed by atoms with Crippen molar-refractivity contribution in [3.63, 3.8) is 0 Å². The molecular formula is C6H12FeN12. The van der Waals surface area contributed by atoms with Crippen LogP contribution in [0.5, 0.6) is 0 Å². The molecule has 0 unspecified atom stereocenters. The summed E-state index contributed by atoms with van der Waals surface area (Å²) < 4.78 is 0. The summed E-state index contributed by atoms with van der Waals surface area (Å²) in [6, 6.07) is 0. The van der Waals surface area contributed by atoms with Gasteiger partial charge in [-0.05, 0) is 0 Å². The summed E-state index contributed by atoms with van der Waals surface area (Å²) in [6.45, 7) is 0. The van der Waals surface area contributed by atoms with Crippen LogP contribution in [0.25, 0.3) is 0 Å². The minimum absolute atomic E-state index is 0. The molecule has 0 heterocycles. The van der Waals surface area contributed by atoms with Gasteiger partial charge in [-0.15, -0.1) is 0 Å². The van der Waals surface area contributed by atoms with Crippen LogP contribution in [0.4, 0.5) is 0 Å². The quantitative estimate of drug-likeness (QED) is 0.144. The first-order valence-corrected chi connectivity index (χ1v) is 3.07. The molecule has 0 saturated carbocycles. The average molecular weight is 308 g/mol. The van der Waals surface area contributed by atoms with Gasteiger partial charge in [-0.25, -0.2) is 0 Å². The van der Waals surface area contributed by atoms with Crippen molar-refractivity contribution in [1.29, 1.82) is 31.6 Å². The van der Waals surface area contributed by atoms with Crippen molar-refractivity contribution in [2.75, 3.05) is 0 Å². The molecule has 0 atom stereocenters. The maximum absolute atomic E-state index is 7.10. The molecule has 0 aromatic heterocycles. The number of hydrogen-bond acceptors (Lipinski definition) is 12. The van der Waals surface area contributed by atoms with Crippen LogP contribution in [0.1, 0.15) is 0 Å². The molecular weight excluding hydrogens is 296 g/mol. The van der Waals surface area contributed by atoms with Crippen LogP contribution < -0.4 is 34.4 Å². The third kappa shape index (κ3) is 153. The van der Waals surface area contributed by atoms with Crippen LogP contribution >= 0.6 is 0 Å². The first-order chi connectivity index (χ1) is 8.49. The second-order valence-electron chi connectivity index (χ2n) is 0.775. The van der Waals surface area contributed by atoms with E-state index in [-0.39, 0.29) is 17.1 Å². The normalized spacial score (nSPS) is 2.21. The molecule has 0 saturated heterocycles. The van der Waals surface area contributed by atoms with Crippen LogP contribution in [-0.4, -0.2) is 0 Å². The third-order valence-corrected chi connectivity index (χ3v) is 0. The van der Waals surface area contributed by atoms with Gasteiger partial charge in [0.1, 0.15) is 0 Å². The molecule has 13 heteroatoms. The molecule has 0 aromatic rings. The van der Waals surface area contributed by atoms with Crippen LogP contribution in [0.3, 0.4) is 0 Å². The Morgan fingerprint density at radius 3 is 0.368 bits per heavy atom. The molecule has 104 valence electrons. The summed E-state index contributed by atoms with van der Waals surface area (Å²) in [5.74, 6) is 0. The number of hydrogen-bond donors (Lipinski definition) is 6. The molecule has 12 nitrogen and oxygen atoms in total. The van der Waals surface area contributed by atoms with E-state index in [2.05, 4.69) is 34.4 Å². The molecule has 0 aliphatic carbocycles. The van der Waals surface area contributed by atoms with Crippen molar-refractivity contribution in [2.24, 2.45) is 34.4 Å². The Kier molecular flexibility index (Phi) is 1180. The molecule has 12 N–H and O–H groups in total. The van der Waals surface area contributed by atoms with Gasteiger partial charge in [0.15, 0.2) is 37.2 Å². The zero-order chi connectivity index (χ0) is 16.2. The SMILES string of the molecule is N#CN.N#CN.N#CN.N#CN.N#CN.N#CN.[Fe]. The monoisotopic (exact) mass is 308 g/mol. The summed E-state index contributed by atoms with van der Waals surface area (Å²) in [5.41, 5.74) is 24.9. The summed E-state index contributed by atoms with van der Waals surface area (Å²) in [4.78, 5) is 0. The smallest absolute Gasteiger partial charge is 0.173 e. The Bertz CT molecular complexity index is 244. The van der Waals surface area contributed by atoms with Crippen LogP contribution in [0.2, 0.25) is 0 Å². The number of nitrogens with two attached hydrogens (primary N) is 6. The molecule has 0 amide bonds. The summed E-state index contributed by atoms with van der Waals surface area (Å²) in [7, 11) is 0. The second kappa shape index (κ2) is 491. The molecule has 0 aromatic carbocycles. The van der Waals surface area contributed by atoms with E-state index in [1.165, 1.54) is 37.2 Å². The van der Waals surface area contributed by atoms with Gasteiger partial charge in [0.05, 0.1) is 0 Å². The molecule has 0 spiro atoms. The average Bonchev–Trinajstić information content (AvgIpc) is 2.23. The Labute approximate surface area is 121 Å². The predicted molar refractivity (Wildman–Crippen MR) is 58.8 cm³/mol. The van der Waals surface area contributed by atoms with Crippen LogP contribution in [0, 0.1) is 68.7 Å². The summed E-state index contributed by atoms with van der Waals surface area (Å²) >= 11 is 0. The van der Waals surface area contributed by atoms with E-state index >= 15 is 0 Å². The molecule has 0 fully saturated rings. The van der Waals surface area contributed by atoms with Gasteiger partial charge in [-0.1, -0.05) is 0 Å². The standard InChI is InChI=1S/6CH2N2.Fe/c6*2-1-3;/h6*2H2;. The molecule has 0 radical (unpaired) electrons. The van der Waals surface area contributed by atoms with E-state index in [4.69, 9.17) is 31.6 Å². The van der Waals surface area contributed by atoms with Crippen molar-refractivity contribution in [1.82, 2.24) is 0 Å². The van der Waals surface area contributed by atoms with E-state index in [0.717, 1.165) is 0 Å². The van der Waals surface area contributed by atoms with E-state index in [1.54, 1.807) is 0 Å². The van der Waals surface area contributed by atoms with Crippen LogP contribution in [-0.2, 0) is 17.1 Å². The van der Waals surface area contributed by atoms with E-state index in [1.807, 2.05) is 0 Å². The zero-order valence-electron chi connectivity index (χ0n) is 9.50. The van der Waals surface area contributed by atoms with Gasteiger partial charge in [0, 0.05) is 17.1 Å². The number of rotatable bonds is 0. The third-order valence-electron chi connectivity index (χ3n) is 0. The predicted octanol–water partition coefficient (Wildman–Crippen LogP) is -3.45. The largest absolute Gasteiger partial charge is 0.337 e. The fourth-order valence-electron chi connectivity index (χ4n) is 0. The second-order valence-corrected chi connectivity index (χ2v) is 0.775. The van der Waals surface area contributed by atoms with Gasteiger partial charge in [-0.3, -0.25) is 0 Å². The van der Waals surface area contributed by atoms with Crippen molar-refractivity contribution < 1.29 is 17.1 Å². The molecule has 0 aliphatic rings. The number of nitriles is 6. The minimum Gasteiger partial charge on any atom is -0.337 e. The van der Waals surface area contributed by atoms with Gasteiger partial charge in [0.25, 0.3) is 0 Å². The fourth-order valence-corrected chi connectivity index (χ4v) is 0. The Morgan fingerprint density at radius 2 is 0.368 bits per heavy atom. The maximum Gasteiger partial charge on any atom is 0.173 e. The Morgan fingerprint density at radius 1 is 0.368 bits per heavy atom. The van der Waals surface area contributed by atoms with Crippen molar-refractivity contribution in [2.45, 2.75) is 0 Å². The van der Waals surface area contributed by atoms with Crippen molar-refractivity contribution >= 4 is 0 Å². The zero-order valence-corrected chi connectivity index (χ0v) is 10.6. The maximum atomic E-state index is 7.10. The van der Waals surface area contributed by atoms with E-state index in [9.17, 15) is 0 Å². The van der Waals surface area contributed by atoms with Gasteiger partial charge < -0.3 is 34.4 Å². The fraction of sp³-hybridized carbons (Fsp3) is 0. The molecule has 0 rings (SSSR count). The summed E-state index contributed by atoms with van der Waals surface area (Å²) in [5, 5.41) is 42.6. The summed E-state index contributed by atoms with van der Waals surface area (Å²) in [6.07, 6.45) is 7.50. The minimum atomic E-state index is 0. The van der Waals surface area contributed by atoms with Crippen molar-refractivity contribution in [3.8, 4) is 37.2 Å². The van der Waals surface area contributed by atoms with Gasteiger partial charge >= 0.3 is 0 Å². The molecule has 0 bridgehead atoms. The van der Waals surface area contributed by atoms with Crippen LogP contribution in [0.15, 0.2) is 0 Å². The first kappa shape index (κ1) is 45.5. The number of nitrogens with zero attached hydrogens (tertiary/aromatic N) is 6. The Hall–Kier alpha value is -3.74. The molecule has 19 heavy (non-hydrogen) atoms. The van der Waals surface area contributed by atoms with Crippen molar-refractivity contribution in [3.05, 3.63) is 0 Å². The van der Waals surface area contributed by atoms with E-state index in [0.29, 0.717) is 0 Å². The first-order valence-electron chi connectivity index (χ1n) is 3.07. The molecule has 0 aliphatic heterocycles. The van der Waals surface area contributed by atoms with Gasteiger partial charge in [-0.2, -0.15) is 31.6 Å². The van der Waals surface area contributed by atoms with E-state index < -0.39 is 0 Å².